The Morgan fingerprint density at radius 2 is 1.27 bits per heavy atom. The molecule has 0 radical (unpaired) electrons. The second kappa shape index (κ2) is 6.41. The molecule has 1 fully saturated rings. The van der Waals surface area contributed by atoms with Crippen LogP contribution in [-0.2, 0) is 0 Å². The summed E-state index contributed by atoms with van der Waals surface area (Å²) in [6.07, 6.45) is 5.06. The molecule has 3 nitrogen and oxygen atoms in total. The van der Waals surface area contributed by atoms with Gasteiger partial charge in [-0.2, -0.15) is 0 Å². The van der Waals surface area contributed by atoms with E-state index in [0.29, 0.717) is 5.75 Å². The first-order chi connectivity index (χ1) is 10.7. The van der Waals surface area contributed by atoms with Crippen LogP contribution in [0, 0.1) is 0 Å². The molecule has 0 bridgehead atoms. The van der Waals surface area contributed by atoms with Gasteiger partial charge in [-0.25, -0.2) is 0 Å². The van der Waals surface area contributed by atoms with Gasteiger partial charge in [0.2, 0.25) is 0 Å². The van der Waals surface area contributed by atoms with Gasteiger partial charge in [0.15, 0.2) is 0 Å². The van der Waals surface area contributed by atoms with Crippen LogP contribution in [0.4, 0.5) is 11.4 Å². The Labute approximate surface area is 132 Å². The maximum absolute atomic E-state index is 9.61. The van der Waals surface area contributed by atoms with Crippen molar-refractivity contribution in [2.24, 2.45) is 0 Å². The van der Waals surface area contributed by atoms with Crippen molar-refractivity contribution in [3.63, 3.8) is 0 Å². The number of ether oxygens (including phenoxy) is 1. The maximum Gasteiger partial charge on any atom is 0.138 e. The smallest absolute Gasteiger partial charge is 0.138 e. The molecule has 1 aliphatic heterocycles. The average molecular weight is 298 g/mol. The van der Waals surface area contributed by atoms with Crippen molar-refractivity contribution in [1.29, 1.82) is 0 Å². The first-order valence-electron chi connectivity index (χ1n) is 8.06. The molecule has 1 aliphatic rings. The Bertz CT molecular complexity index is 596. The second-order valence-corrected chi connectivity index (χ2v) is 6.04. The highest BCUT2D eigenvalue weighted by molar-refractivity contribution is 5.60. The molecule has 22 heavy (non-hydrogen) atoms. The lowest BCUT2D eigenvalue weighted by Crippen LogP contribution is -2.44. The van der Waals surface area contributed by atoms with Gasteiger partial charge in [-0.1, -0.05) is 0 Å². The third-order valence-electron chi connectivity index (χ3n) is 4.74. The van der Waals surface area contributed by atoms with E-state index in [1.54, 1.807) is 19.2 Å². The van der Waals surface area contributed by atoms with Crippen LogP contribution in [0.15, 0.2) is 48.5 Å². The van der Waals surface area contributed by atoms with E-state index in [4.69, 9.17) is 4.74 Å². The summed E-state index contributed by atoms with van der Waals surface area (Å²) in [5.41, 5.74) is 2.55. The van der Waals surface area contributed by atoms with Gasteiger partial charge in [0.05, 0.1) is 20.2 Å². The highest BCUT2D eigenvalue weighted by atomic mass is 16.5. The lowest BCUT2D eigenvalue weighted by atomic mass is 10.1. The Morgan fingerprint density at radius 1 is 0.773 bits per heavy atom. The summed E-state index contributed by atoms with van der Waals surface area (Å²) in [7, 11) is 1.70. The first kappa shape index (κ1) is 14.9. The molecule has 2 aromatic rings. The monoisotopic (exact) mass is 298 g/mol. The zero-order valence-electron chi connectivity index (χ0n) is 13.2. The number of nitrogens with zero attached hydrogens (tertiary/aromatic N) is 1. The topological polar surface area (TPSA) is 29.5 Å². The van der Waals surface area contributed by atoms with Gasteiger partial charge in [0.1, 0.15) is 22.9 Å². The van der Waals surface area contributed by atoms with Gasteiger partial charge in [-0.3, -0.25) is 4.48 Å². The molecular formula is C19H24NO2+. The average Bonchev–Trinajstić information content (AvgIpc) is 2.82. The number of hydrogen-bond acceptors (Lipinski definition) is 2. The highest BCUT2D eigenvalue weighted by Crippen LogP contribution is 2.38. The summed E-state index contributed by atoms with van der Waals surface area (Å²) in [6, 6.07) is 16.2. The standard InChI is InChI=1S/C19H23NO2/c1-22-19-12-8-17(9-13-19)20(14-4-2-3-5-15-20)16-6-10-18(21)11-7-16/h6-13H,2-5,14-15H2,1H3/p+1. The molecular weight excluding hydrogens is 274 g/mol. The zero-order valence-corrected chi connectivity index (χ0v) is 13.2. The van der Waals surface area contributed by atoms with Crippen LogP contribution in [0.3, 0.4) is 0 Å². The third-order valence-corrected chi connectivity index (χ3v) is 4.74. The van der Waals surface area contributed by atoms with Crippen molar-refractivity contribution < 1.29 is 9.84 Å². The molecule has 0 aliphatic carbocycles. The summed E-state index contributed by atoms with van der Waals surface area (Å²) in [5, 5.41) is 9.61. The molecule has 2 aromatic carbocycles. The molecule has 3 rings (SSSR count). The number of phenols is 1. The van der Waals surface area contributed by atoms with Crippen molar-refractivity contribution in [2.45, 2.75) is 25.7 Å². The van der Waals surface area contributed by atoms with E-state index >= 15 is 0 Å². The van der Waals surface area contributed by atoms with E-state index in [-0.39, 0.29) is 0 Å². The number of phenolic OH excluding ortho intramolecular Hbond substituents is 1. The minimum absolute atomic E-state index is 0.325. The van der Waals surface area contributed by atoms with E-state index in [1.165, 1.54) is 37.1 Å². The summed E-state index contributed by atoms with van der Waals surface area (Å²) >= 11 is 0. The van der Waals surface area contributed by atoms with Gasteiger partial charge >= 0.3 is 0 Å². The number of quaternary nitrogens is 1. The van der Waals surface area contributed by atoms with Gasteiger partial charge in [0, 0.05) is 24.3 Å². The maximum atomic E-state index is 9.61. The van der Waals surface area contributed by atoms with Crippen LogP contribution < -0.4 is 9.22 Å². The molecule has 1 N–H and O–H groups in total. The van der Waals surface area contributed by atoms with Crippen molar-refractivity contribution in [3.8, 4) is 11.5 Å². The summed E-state index contributed by atoms with van der Waals surface area (Å²) in [6.45, 7) is 2.22. The molecule has 0 atom stereocenters. The number of hydrogen-bond donors (Lipinski definition) is 1. The van der Waals surface area contributed by atoms with Crippen LogP contribution in [-0.4, -0.2) is 25.3 Å². The number of benzene rings is 2. The predicted molar refractivity (Wildman–Crippen MR) is 90.8 cm³/mol. The summed E-state index contributed by atoms with van der Waals surface area (Å²) in [5.74, 6) is 1.22. The molecule has 0 saturated carbocycles. The Morgan fingerprint density at radius 3 is 1.77 bits per heavy atom. The SMILES string of the molecule is COc1ccc([N+]2(c3ccc(O)cc3)CCCCCC2)cc1. The van der Waals surface area contributed by atoms with Crippen molar-refractivity contribution in [1.82, 2.24) is 4.48 Å². The molecule has 0 unspecified atom stereocenters. The minimum atomic E-state index is 0.325. The number of aromatic hydroxyl groups is 1. The zero-order chi connectivity index (χ0) is 15.4. The van der Waals surface area contributed by atoms with Crippen LogP contribution in [0.25, 0.3) is 0 Å². The lowest BCUT2D eigenvalue weighted by Gasteiger charge is -2.37. The van der Waals surface area contributed by atoms with Crippen molar-refractivity contribution >= 4 is 11.4 Å². The highest BCUT2D eigenvalue weighted by Gasteiger charge is 2.34. The number of methoxy groups -OCH3 is 1. The van der Waals surface area contributed by atoms with Crippen LogP contribution in [0.5, 0.6) is 11.5 Å². The Hall–Kier alpha value is -2.00. The lowest BCUT2D eigenvalue weighted by molar-refractivity contribution is 0.391. The summed E-state index contributed by atoms with van der Waals surface area (Å²) < 4.78 is 6.16. The van der Waals surface area contributed by atoms with E-state index < -0.39 is 0 Å². The summed E-state index contributed by atoms with van der Waals surface area (Å²) in [4.78, 5) is 0. The fourth-order valence-electron chi connectivity index (χ4n) is 3.50. The molecule has 1 heterocycles. The van der Waals surface area contributed by atoms with Crippen LogP contribution >= 0.6 is 0 Å². The van der Waals surface area contributed by atoms with E-state index in [9.17, 15) is 5.11 Å². The normalized spacial score (nSPS) is 17.7. The molecule has 0 aromatic heterocycles. The van der Waals surface area contributed by atoms with Crippen molar-refractivity contribution in [3.05, 3.63) is 48.5 Å². The minimum Gasteiger partial charge on any atom is -0.508 e. The predicted octanol–water partition coefficient (Wildman–Crippen LogP) is 4.61. The molecule has 3 heteroatoms. The Balaban J connectivity index is 2.06. The first-order valence-corrected chi connectivity index (χ1v) is 8.06. The van der Waals surface area contributed by atoms with Gasteiger partial charge in [-0.05, 0) is 49.9 Å². The molecule has 0 spiro atoms. The molecule has 0 amide bonds. The van der Waals surface area contributed by atoms with Gasteiger partial charge in [-0.15, -0.1) is 0 Å². The van der Waals surface area contributed by atoms with E-state index in [0.717, 1.165) is 23.3 Å². The van der Waals surface area contributed by atoms with E-state index in [1.807, 2.05) is 12.1 Å². The molecule has 116 valence electrons. The molecule has 1 saturated heterocycles. The van der Waals surface area contributed by atoms with Gasteiger partial charge < -0.3 is 9.84 Å². The fraction of sp³-hybridized carbons (Fsp3) is 0.368. The number of rotatable bonds is 3. The van der Waals surface area contributed by atoms with Gasteiger partial charge in [0.25, 0.3) is 0 Å². The quantitative estimate of drug-likeness (QED) is 0.838. The van der Waals surface area contributed by atoms with Crippen LogP contribution in [0.1, 0.15) is 25.7 Å². The van der Waals surface area contributed by atoms with E-state index in [2.05, 4.69) is 24.3 Å². The third kappa shape index (κ3) is 2.81. The largest absolute Gasteiger partial charge is 0.508 e. The fourth-order valence-corrected chi connectivity index (χ4v) is 3.50. The second-order valence-electron chi connectivity index (χ2n) is 6.04. The van der Waals surface area contributed by atoms with Crippen molar-refractivity contribution in [2.75, 3.05) is 20.2 Å². The van der Waals surface area contributed by atoms with Crippen LogP contribution in [0.2, 0.25) is 0 Å². The Kier molecular flexibility index (Phi) is 4.34.